The number of aromatic nitrogens is 2. The van der Waals surface area contributed by atoms with Gasteiger partial charge in [-0.3, -0.25) is 4.79 Å². The lowest BCUT2D eigenvalue weighted by Crippen LogP contribution is -2.13. The summed E-state index contributed by atoms with van der Waals surface area (Å²) in [5, 5.41) is 7.85. The van der Waals surface area contributed by atoms with Crippen molar-refractivity contribution in [2.45, 2.75) is 12.8 Å². The van der Waals surface area contributed by atoms with Crippen LogP contribution in [-0.4, -0.2) is 16.0 Å². The summed E-state index contributed by atoms with van der Waals surface area (Å²) in [7, 11) is 0. The summed E-state index contributed by atoms with van der Waals surface area (Å²) in [6.45, 7) is 0. The summed E-state index contributed by atoms with van der Waals surface area (Å²) in [4.78, 5) is 16.8. The van der Waals surface area contributed by atoms with Crippen molar-refractivity contribution in [1.82, 2.24) is 10.1 Å². The molecule has 4 rings (SSSR count). The van der Waals surface area contributed by atoms with Crippen LogP contribution in [0.1, 0.15) is 12.3 Å². The maximum Gasteiger partial charge on any atom is 0.227 e. The van der Waals surface area contributed by atoms with Gasteiger partial charge in [0.05, 0.1) is 5.69 Å². The molecule has 4 aromatic rings. The molecule has 156 valence electrons. The molecular formula is C23H17Cl2N3O3. The third-order valence-electron chi connectivity index (χ3n) is 4.30. The van der Waals surface area contributed by atoms with Crippen molar-refractivity contribution >= 4 is 34.8 Å². The Morgan fingerprint density at radius 3 is 2.58 bits per heavy atom. The zero-order chi connectivity index (χ0) is 21.6. The molecule has 8 heteroatoms. The molecule has 0 spiro atoms. The van der Waals surface area contributed by atoms with E-state index in [9.17, 15) is 4.79 Å². The molecule has 1 aromatic heterocycles. The summed E-state index contributed by atoms with van der Waals surface area (Å²) in [5.41, 5.74) is 1.22. The summed E-state index contributed by atoms with van der Waals surface area (Å²) >= 11 is 12.1. The van der Waals surface area contributed by atoms with E-state index in [1.807, 2.05) is 36.4 Å². The molecule has 0 saturated heterocycles. The van der Waals surface area contributed by atoms with Gasteiger partial charge >= 0.3 is 0 Å². The van der Waals surface area contributed by atoms with Gasteiger partial charge in [-0.1, -0.05) is 58.7 Å². The van der Waals surface area contributed by atoms with Crippen molar-refractivity contribution in [1.29, 1.82) is 0 Å². The van der Waals surface area contributed by atoms with Gasteiger partial charge in [0.2, 0.25) is 17.6 Å². The highest BCUT2D eigenvalue weighted by Crippen LogP contribution is 2.32. The van der Waals surface area contributed by atoms with Crippen molar-refractivity contribution in [3.05, 3.63) is 88.7 Å². The van der Waals surface area contributed by atoms with E-state index >= 15 is 0 Å². The predicted octanol–water partition coefficient (Wildman–Crippen LogP) is 6.41. The smallest absolute Gasteiger partial charge is 0.227 e. The van der Waals surface area contributed by atoms with Gasteiger partial charge in [0.1, 0.15) is 5.75 Å². The number of hydrogen-bond acceptors (Lipinski definition) is 5. The standard InChI is InChI=1S/C23H17Cl2N3O3/c24-16-6-4-5-15(13-16)23-27-22(31-28-23)12-11-21(29)26-19-14-17(25)9-10-20(19)30-18-7-2-1-3-8-18/h1-10,13-14H,11-12H2,(H,26,29). The number of carbonyl (C=O) groups is 1. The minimum absolute atomic E-state index is 0.147. The van der Waals surface area contributed by atoms with Gasteiger partial charge in [-0.25, -0.2) is 0 Å². The zero-order valence-electron chi connectivity index (χ0n) is 16.2. The molecule has 0 fully saturated rings. The van der Waals surface area contributed by atoms with E-state index in [2.05, 4.69) is 15.5 Å². The Bertz CT molecular complexity index is 1200. The maximum absolute atomic E-state index is 12.5. The first-order valence-corrected chi connectivity index (χ1v) is 10.2. The molecule has 0 unspecified atom stereocenters. The average Bonchev–Trinajstić information content (AvgIpc) is 3.24. The lowest BCUT2D eigenvalue weighted by atomic mass is 10.2. The number of nitrogens with zero attached hydrogens (tertiary/aromatic N) is 2. The Morgan fingerprint density at radius 2 is 1.77 bits per heavy atom. The fourth-order valence-corrected chi connectivity index (χ4v) is 3.20. The summed E-state index contributed by atoms with van der Waals surface area (Å²) in [6.07, 6.45) is 0.434. The Balaban J connectivity index is 1.40. The van der Waals surface area contributed by atoms with E-state index < -0.39 is 0 Å². The predicted molar refractivity (Wildman–Crippen MR) is 120 cm³/mol. The van der Waals surface area contributed by atoms with E-state index in [4.69, 9.17) is 32.5 Å². The fourth-order valence-electron chi connectivity index (χ4n) is 2.84. The number of nitrogens with one attached hydrogen (secondary N) is 1. The normalized spacial score (nSPS) is 10.6. The fraction of sp³-hybridized carbons (Fsp3) is 0.0870. The van der Waals surface area contributed by atoms with Crippen LogP contribution in [0.3, 0.4) is 0 Å². The van der Waals surface area contributed by atoms with Crippen molar-refractivity contribution in [2.24, 2.45) is 0 Å². The summed E-state index contributed by atoms with van der Waals surface area (Å²) in [6, 6.07) is 21.5. The van der Waals surface area contributed by atoms with Crippen LogP contribution in [0.25, 0.3) is 11.4 Å². The van der Waals surface area contributed by atoms with Crippen LogP contribution in [0.5, 0.6) is 11.5 Å². The molecule has 0 aliphatic heterocycles. The van der Waals surface area contributed by atoms with Gasteiger partial charge in [-0.15, -0.1) is 0 Å². The Hall–Kier alpha value is -3.35. The Morgan fingerprint density at radius 1 is 0.968 bits per heavy atom. The van der Waals surface area contributed by atoms with Crippen LogP contribution in [0.2, 0.25) is 10.0 Å². The second kappa shape index (κ2) is 9.64. The molecule has 0 saturated carbocycles. The van der Waals surface area contributed by atoms with Gasteiger partial charge in [-0.05, 0) is 42.5 Å². The molecule has 31 heavy (non-hydrogen) atoms. The molecule has 0 aliphatic carbocycles. The molecule has 6 nitrogen and oxygen atoms in total. The number of halogens is 2. The highest BCUT2D eigenvalue weighted by Gasteiger charge is 2.13. The molecule has 1 heterocycles. The number of hydrogen-bond donors (Lipinski definition) is 1. The Labute approximate surface area is 188 Å². The number of anilines is 1. The lowest BCUT2D eigenvalue weighted by Gasteiger charge is -2.12. The third-order valence-corrected chi connectivity index (χ3v) is 4.77. The quantitative estimate of drug-likeness (QED) is 0.349. The van der Waals surface area contributed by atoms with Crippen LogP contribution < -0.4 is 10.1 Å². The average molecular weight is 454 g/mol. The maximum atomic E-state index is 12.5. The van der Waals surface area contributed by atoms with Crippen molar-refractivity contribution in [3.8, 4) is 22.9 Å². The van der Waals surface area contributed by atoms with Gasteiger partial charge in [-0.2, -0.15) is 4.98 Å². The minimum Gasteiger partial charge on any atom is -0.455 e. The van der Waals surface area contributed by atoms with Crippen molar-refractivity contribution in [3.63, 3.8) is 0 Å². The Kier molecular flexibility index (Phi) is 6.50. The SMILES string of the molecule is O=C(CCc1nc(-c2cccc(Cl)c2)no1)Nc1cc(Cl)ccc1Oc1ccccc1. The minimum atomic E-state index is -0.234. The molecule has 1 N–H and O–H groups in total. The number of aryl methyl sites for hydroxylation is 1. The molecule has 0 atom stereocenters. The van der Waals surface area contributed by atoms with Crippen LogP contribution >= 0.6 is 23.2 Å². The molecule has 1 amide bonds. The zero-order valence-corrected chi connectivity index (χ0v) is 17.7. The summed E-state index contributed by atoms with van der Waals surface area (Å²) in [5.74, 6) is 1.69. The lowest BCUT2D eigenvalue weighted by molar-refractivity contribution is -0.116. The number of benzene rings is 3. The van der Waals surface area contributed by atoms with E-state index in [0.717, 1.165) is 5.56 Å². The van der Waals surface area contributed by atoms with E-state index in [1.165, 1.54) is 0 Å². The van der Waals surface area contributed by atoms with Crippen LogP contribution in [0, 0.1) is 0 Å². The molecule has 0 aliphatic rings. The van der Waals surface area contributed by atoms with Gasteiger partial charge in [0.15, 0.2) is 5.75 Å². The van der Waals surface area contributed by atoms with E-state index in [-0.39, 0.29) is 18.7 Å². The van der Waals surface area contributed by atoms with Gasteiger partial charge in [0, 0.05) is 28.5 Å². The monoisotopic (exact) mass is 453 g/mol. The molecular weight excluding hydrogens is 437 g/mol. The highest BCUT2D eigenvalue weighted by atomic mass is 35.5. The number of carbonyl (C=O) groups excluding carboxylic acids is 1. The van der Waals surface area contributed by atoms with Crippen LogP contribution in [0.15, 0.2) is 77.3 Å². The highest BCUT2D eigenvalue weighted by molar-refractivity contribution is 6.31. The second-order valence-corrected chi connectivity index (χ2v) is 7.50. The first kappa shape index (κ1) is 20.9. The third kappa shape index (κ3) is 5.63. The van der Waals surface area contributed by atoms with Crippen molar-refractivity contribution in [2.75, 3.05) is 5.32 Å². The molecule has 0 radical (unpaired) electrons. The van der Waals surface area contributed by atoms with Crippen molar-refractivity contribution < 1.29 is 14.1 Å². The van der Waals surface area contributed by atoms with E-state index in [1.54, 1.807) is 36.4 Å². The molecule has 3 aromatic carbocycles. The summed E-state index contributed by atoms with van der Waals surface area (Å²) < 4.78 is 11.1. The number of rotatable bonds is 7. The first-order chi connectivity index (χ1) is 15.1. The number of amides is 1. The second-order valence-electron chi connectivity index (χ2n) is 6.63. The molecule has 0 bridgehead atoms. The number of para-hydroxylation sites is 1. The first-order valence-electron chi connectivity index (χ1n) is 9.48. The van der Waals surface area contributed by atoms with Crippen LogP contribution in [-0.2, 0) is 11.2 Å². The topological polar surface area (TPSA) is 77.2 Å². The van der Waals surface area contributed by atoms with Crippen LogP contribution in [0.4, 0.5) is 5.69 Å². The van der Waals surface area contributed by atoms with Gasteiger partial charge in [0.25, 0.3) is 0 Å². The van der Waals surface area contributed by atoms with Gasteiger partial charge < -0.3 is 14.6 Å². The largest absolute Gasteiger partial charge is 0.455 e. The van der Waals surface area contributed by atoms with E-state index in [0.29, 0.717) is 38.9 Å². The number of ether oxygens (including phenoxy) is 1.